The van der Waals surface area contributed by atoms with Crippen molar-refractivity contribution in [2.45, 2.75) is 31.2 Å². The molecule has 0 spiro atoms. The Morgan fingerprint density at radius 2 is 1.65 bits per heavy atom. The highest BCUT2D eigenvalue weighted by Crippen LogP contribution is 2.16. The van der Waals surface area contributed by atoms with Crippen LogP contribution in [0.5, 0.6) is 0 Å². The zero-order chi connectivity index (χ0) is 18.6. The zero-order valence-electron chi connectivity index (χ0n) is 14.4. The quantitative estimate of drug-likeness (QED) is 0.685. The molecule has 0 bridgehead atoms. The molecule has 0 aliphatic carbocycles. The molecule has 26 heavy (non-hydrogen) atoms. The van der Waals surface area contributed by atoms with Gasteiger partial charge in [0.15, 0.2) is 5.82 Å². The number of anilines is 1. The molecule has 1 heterocycles. The van der Waals surface area contributed by atoms with Gasteiger partial charge in [0.25, 0.3) is 10.0 Å². The lowest BCUT2D eigenvalue weighted by atomic mass is 10.1. The zero-order valence-corrected chi connectivity index (χ0v) is 15.2. The van der Waals surface area contributed by atoms with Gasteiger partial charge >= 0.3 is 0 Å². The first-order valence-electron chi connectivity index (χ1n) is 8.36. The predicted molar refractivity (Wildman–Crippen MR) is 99.0 cm³/mol. The molecular weight excluding hydrogens is 353 g/mol. The molecule has 0 saturated carbocycles. The molecule has 7 heteroatoms. The van der Waals surface area contributed by atoms with E-state index in [4.69, 9.17) is 0 Å². The minimum absolute atomic E-state index is 0.199. The molecule has 1 N–H and O–H groups in total. The summed E-state index contributed by atoms with van der Waals surface area (Å²) in [7, 11) is -3.69. The monoisotopic (exact) mass is 373 g/mol. The second-order valence-corrected chi connectivity index (χ2v) is 7.71. The molecule has 2 aromatic carbocycles. The van der Waals surface area contributed by atoms with Crippen LogP contribution in [-0.2, 0) is 23.0 Å². The number of rotatable bonds is 7. The third-order valence-corrected chi connectivity index (χ3v) is 5.28. The Morgan fingerprint density at radius 1 is 1.00 bits per heavy atom. The fourth-order valence-electron chi connectivity index (χ4n) is 2.60. The molecule has 3 rings (SSSR count). The van der Waals surface area contributed by atoms with E-state index in [1.165, 1.54) is 12.1 Å². The van der Waals surface area contributed by atoms with Crippen LogP contribution in [0.1, 0.15) is 24.5 Å². The van der Waals surface area contributed by atoms with Gasteiger partial charge in [0.05, 0.1) is 11.4 Å². The molecule has 0 aliphatic heterocycles. The van der Waals surface area contributed by atoms with Gasteiger partial charge < -0.3 is 0 Å². The molecule has 136 valence electrons. The lowest BCUT2D eigenvalue weighted by Crippen LogP contribution is -2.14. The number of halogens is 1. The van der Waals surface area contributed by atoms with E-state index in [-0.39, 0.29) is 16.5 Å². The van der Waals surface area contributed by atoms with Gasteiger partial charge in [-0.3, -0.25) is 9.40 Å². The molecule has 3 aromatic rings. The second-order valence-electron chi connectivity index (χ2n) is 6.02. The molecule has 0 atom stereocenters. The molecule has 0 saturated heterocycles. The van der Waals surface area contributed by atoms with Gasteiger partial charge in [0.2, 0.25) is 0 Å². The maximum Gasteiger partial charge on any atom is 0.263 e. The number of hydrogen-bond donors (Lipinski definition) is 1. The maximum atomic E-state index is 12.9. The summed E-state index contributed by atoms with van der Waals surface area (Å²) in [6, 6.07) is 14.5. The third-order valence-electron chi connectivity index (χ3n) is 3.91. The van der Waals surface area contributed by atoms with Crippen LogP contribution in [0.3, 0.4) is 0 Å². The standard InChI is InChI=1S/C19H20FN3O2S/c1-2-3-15-6-10-18(11-7-15)26(24,25)22-19-12-13-23(21-19)14-16-4-8-17(20)9-5-16/h4-13H,2-3,14H2,1H3,(H,21,22). The normalized spacial score (nSPS) is 11.5. The summed E-state index contributed by atoms with van der Waals surface area (Å²) in [5.74, 6) is -0.0580. The van der Waals surface area contributed by atoms with Crippen LogP contribution in [0.4, 0.5) is 10.2 Å². The highest BCUT2D eigenvalue weighted by molar-refractivity contribution is 7.92. The van der Waals surface area contributed by atoms with E-state index in [2.05, 4.69) is 16.7 Å². The van der Waals surface area contributed by atoms with E-state index in [0.717, 1.165) is 24.0 Å². The minimum Gasteiger partial charge on any atom is -0.266 e. The van der Waals surface area contributed by atoms with Crippen LogP contribution in [0.25, 0.3) is 0 Å². The summed E-state index contributed by atoms with van der Waals surface area (Å²) in [6.07, 6.45) is 3.60. The van der Waals surface area contributed by atoms with E-state index in [1.54, 1.807) is 41.2 Å². The predicted octanol–water partition coefficient (Wildman–Crippen LogP) is 3.82. The largest absolute Gasteiger partial charge is 0.266 e. The summed E-state index contributed by atoms with van der Waals surface area (Å²) in [5, 5.41) is 4.22. The van der Waals surface area contributed by atoms with Crippen LogP contribution in [-0.4, -0.2) is 18.2 Å². The number of sulfonamides is 1. The van der Waals surface area contributed by atoms with Gasteiger partial charge in [-0.05, 0) is 41.8 Å². The maximum absolute atomic E-state index is 12.9. The van der Waals surface area contributed by atoms with Crippen molar-refractivity contribution in [1.82, 2.24) is 9.78 Å². The Labute approximate surface area is 152 Å². The first-order valence-corrected chi connectivity index (χ1v) is 9.84. The number of aryl methyl sites for hydroxylation is 1. The lowest BCUT2D eigenvalue weighted by molar-refractivity contribution is 0.600. The van der Waals surface area contributed by atoms with Crippen molar-refractivity contribution in [3.05, 3.63) is 77.7 Å². The second kappa shape index (κ2) is 7.70. The fourth-order valence-corrected chi connectivity index (χ4v) is 3.60. The Balaban J connectivity index is 1.70. The van der Waals surface area contributed by atoms with Gasteiger partial charge in [0.1, 0.15) is 5.82 Å². The van der Waals surface area contributed by atoms with Crippen LogP contribution in [0, 0.1) is 5.82 Å². The van der Waals surface area contributed by atoms with Crippen LogP contribution >= 0.6 is 0 Å². The van der Waals surface area contributed by atoms with Gasteiger partial charge in [0, 0.05) is 12.3 Å². The highest BCUT2D eigenvalue weighted by atomic mass is 32.2. The van der Waals surface area contributed by atoms with Crippen molar-refractivity contribution >= 4 is 15.8 Å². The molecule has 0 amide bonds. The summed E-state index contributed by atoms with van der Waals surface area (Å²) in [4.78, 5) is 0.199. The van der Waals surface area contributed by atoms with E-state index < -0.39 is 10.0 Å². The van der Waals surface area contributed by atoms with E-state index in [9.17, 15) is 12.8 Å². The number of nitrogens with zero attached hydrogens (tertiary/aromatic N) is 2. The molecular formula is C19H20FN3O2S. The van der Waals surface area contributed by atoms with Gasteiger partial charge in [-0.25, -0.2) is 12.8 Å². The van der Waals surface area contributed by atoms with Crippen LogP contribution in [0.2, 0.25) is 0 Å². The summed E-state index contributed by atoms with van der Waals surface area (Å²) < 4.78 is 42.0. The minimum atomic E-state index is -3.69. The smallest absolute Gasteiger partial charge is 0.263 e. The highest BCUT2D eigenvalue weighted by Gasteiger charge is 2.15. The van der Waals surface area contributed by atoms with Crippen molar-refractivity contribution in [1.29, 1.82) is 0 Å². The topological polar surface area (TPSA) is 64.0 Å². The van der Waals surface area contributed by atoms with Crippen molar-refractivity contribution in [2.75, 3.05) is 4.72 Å². The average Bonchev–Trinajstić information content (AvgIpc) is 3.04. The van der Waals surface area contributed by atoms with Gasteiger partial charge in [-0.1, -0.05) is 37.6 Å². The Morgan fingerprint density at radius 3 is 2.31 bits per heavy atom. The first kappa shape index (κ1) is 18.1. The Kier molecular flexibility index (Phi) is 5.37. The number of aromatic nitrogens is 2. The summed E-state index contributed by atoms with van der Waals surface area (Å²) >= 11 is 0. The Hall–Kier alpha value is -2.67. The number of benzene rings is 2. The van der Waals surface area contributed by atoms with Crippen molar-refractivity contribution in [3.63, 3.8) is 0 Å². The summed E-state index contributed by atoms with van der Waals surface area (Å²) in [6.45, 7) is 2.50. The number of nitrogens with one attached hydrogen (secondary N) is 1. The third kappa shape index (κ3) is 4.49. The molecule has 0 radical (unpaired) electrons. The van der Waals surface area contributed by atoms with Crippen molar-refractivity contribution < 1.29 is 12.8 Å². The molecule has 1 aromatic heterocycles. The summed E-state index contributed by atoms with van der Waals surface area (Å²) in [5.41, 5.74) is 1.98. The van der Waals surface area contributed by atoms with Crippen molar-refractivity contribution in [3.8, 4) is 0 Å². The van der Waals surface area contributed by atoms with Crippen molar-refractivity contribution in [2.24, 2.45) is 0 Å². The van der Waals surface area contributed by atoms with E-state index in [1.807, 2.05) is 12.1 Å². The van der Waals surface area contributed by atoms with E-state index in [0.29, 0.717) is 6.54 Å². The number of hydrogen-bond acceptors (Lipinski definition) is 3. The molecule has 0 unspecified atom stereocenters. The Bertz CT molecular complexity index is 965. The van der Waals surface area contributed by atoms with Crippen LogP contribution < -0.4 is 4.72 Å². The lowest BCUT2D eigenvalue weighted by Gasteiger charge is -2.07. The van der Waals surface area contributed by atoms with Gasteiger partial charge in [-0.2, -0.15) is 5.10 Å². The molecule has 0 fully saturated rings. The average molecular weight is 373 g/mol. The molecule has 0 aliphatic rings. The van der Waals surface area contributed by atoms with Gasteiger partial charge in [-0.15, -0.1) is 0 Å². The molecule has 5 nitrogen and oxygen atoms in total. The first-order chi connectivity index (χ1) is 12.5. The van der Waals surface area contributed by atoms with Crippen LogP contribution in [0.15, 0.2) is 65.7 Å². The van der Waals surface area contributed by atoms with E-state index >= 15 is 0 Å². The SMILES string of the molecule is CCCc1ccc(S(=O)(=O)Nc2ccn(Cc3ccc(F)cc3)n2)cc1. The fraction of sp³-hybridized carbons (Fsp3) is 0.211.